The second-order valence-electron chi connectivity index (χ2n) is 7.43. The molecule has 0 bridgehead atoms. The fraction of sp³-hybridized carbons (Fsp3) is 0.304. The molecule has 9 heteroatoms. The molecule has 3 rings (SSSR count). The molecule has 1 aliphatic heterocycles. The number of carbonyl (C=O) groups is 4. The van der Waals surface area contributed by atoms with Gasteiger partial charge in [0.15, 0.2) is 11.9 Å². The first kappa shape index (κ1) is 24.0. The molecule has 2 unspecified atom stereocenters. The van der Waals surface area contributed by atoms with Crippen LogP contribution in [0.1, 0.15) is 24.2 Å². The second kappa shape index (κ2) is 10.3. The largest absolute Gasteiger partial charge is 0.451 e. The maximum Gasteiger partial charge on any atom is 0.331 e. The van der Waals surface area contributed by atoms with Crippen molar-refractivity contribution in [1.82, 2.24) is 4.90 Å². The Bertz CT molecular complexity index is 949. The molecule has 2 aromatic rings. The van der Waals surface area contributed by atoms with Crippen molar-refractivity contribution in [2.45, 2.75) is 29.9 Å². The van der Waals surface area contributed by atoms with Gasteiger partial charge in [0.05, 0.1) is 16.5 Å². The third kappa shape index (κ3) is 4.72. The van der Waals surface area contributed by atoms with E-state index in [-0.39, 0.29) is 12.2 Å². The summed E-state index contributed by atoms with van der Waals surface area (Å²) < 4.78 is 4.43. The highest BCUT2D eigenvalue weighted by Gasteiger charge is 2.57. The number of halogens is 1. The van der Waals surface area contributed by atoms with Crippen LogP contribution in [0.4, 0.5) is 0 Å². The van der Waals surface area contributed by atoms with E-state index in [1.54, 1.807) is 48.5 Å². The first-order chi connectivity index (χ1) is 15.3. The van der Waals surface area contributed by atoms with Gasteiger partial charge in [0.1, 0.15) is 12.1 Å². The number of benzene rings is 2. The van der Waals surface area contributed by atoms with Crippen molar-refractivity contribution in [1.29, 1.82) is 0 Å². The van der Waals surface area contributed by atoms with Gasteiger partial charge in [-0.3, -0.25) is 14.4 Å². The molecule has 1 saturated heterocycles. The first-order valence-electron chi connectivity index (χ1n) is 9.80. The average Bonchev–Trinajstić information content (AvgIpc) is 3.20. The lowest BCUT2D eigenvalue weighted by Crippen LogP contribution is -2.58. The number of aldehydes is 1. The van der Waals surface area contributed by atoms with Crippen LogP contribution in [-0.2, 0) is 23.9 Å². The molecular weight excluding hydrogens is 454 g/mol. The minimum Gasteiger partial charge on any atom is -0.451 e. The zero-order valence-corrected chi connectivity index (χ0v) is 18.8. The number of esters is 1. The molecule has 0 aliphatic carbocycles. The Labute approximate surface area is 194 Å². The summed E-state index contributed by atoms with van der Waals surface area (Å²) in [5.74, 6) is -3.00. The molecule has 32 heavy (non-hydrogen) atoms. The summed E-state index contributed by atoms with van der Waals surface area (Å²) in [6.45, 7) is 1.48. The van der Waals surface area contributed by atoms with Gasteiger partial charge in [-0.1, -0.05) is 60.7 Å². The molecule has 3 atom stereocenters. The summed E-state index contributed by atoms with van der Waals surface area (Å²) in [6.07, 6.45) is -2.35. The van der Waals surface area contributed by atoms with Crippen molar-refractivity contribution >= 4 is 47.3 Å². The number of nitrogens with zero attached hydrogens (tertiary/aromatic N) is 1. The fourth-order valence-corrected chi connectivity index (χ4v) is 5.19. The minimum absolute atomic E-state index is 0.0677. The monoisotopic (exact) mass is 475 g/mol. The number of amides is 1. The predicted octanol–water partition coefficient (Wildman–Crippen LogP) is 2.35. The highest BCUT2D eigenvalue weighted by molar-refractivity contribution is 8.01. The van der Waals surface area contributed by atoms with Gasteiger partial charge in [0, 0.05) is 0 Å². The Morgan fingerprint density at radius 1 is 1.16 bits per heavy atom. The highest BCUT2D eigenvalue weighted by Crippen LogP contribution is 2.44. The number of hydrogen-bond acceptors (Lipinski definition) is 7. The molecule has 1 aliphatic rings. The van der Waals surface area contributed by atoms with Gasteiger partial charge in [-0.05, 0) is 18.1 Å². The zero-order valence-electron chi connectivity index (χ0n) is 17.2. The molecule has 1 heterocycles. The lowest BCUT2D eigenvalue weighted by Gasteiger charge is -2.35. The zero-order chi connectivity index (χ0) is 23.3. The van der Waals surface area contributed by atoms with Crippen molar-refractivity contribution in [3.8, 4) is 0 Å². The normalized spacial score (nSPS) is 21.2. The lowest BCUT2D eigenvalue weighted by molar-refractivity contribution is -0.160. The number of carbonyl (C=O) groups excluding carboxylic acids is 4. The van der Waals surface area contributed by atoms with Crippen molar-refractivity contribution in [3.05, 3.63) is 71.8 Å². The summed E-state index contributed by atoms with van der Waals surface area (Å²) in [7, 11) is 0. The number of ether oxygens (including phenoxy) is 1. The van der Waals surface area contributed by atoms with E-state index in [0.717, 1.165) is 16.7 Å². The molecule has 1 amide bonds. The standard InChI is InChI=1S/C23H22ClNO6S/c1-23(21(29)17(27)12-24)20(25(14-32-23)18(28)13-26)22(30)31-19(15-8-4-2-5-9-15)16-10-6-3-7-11-16/h2-11,13,19-21,29H,12,14H2,1H3/t20-,21?,23?/m0/s1. The SMILES string of the molecule is CC1(C(O)C(=O)CCl)SCN(C(=O)C=O)[C@H]1C(=O)OC(c1ccccc1)c1ccccc1. The molecule has 0 aromatic heterocycles. The van der Waals surface area contributed by atoms with Crippen LogP contribution in [0.25, 0.3) is 0 Å². The third-order valence-electron chi connectivity index (χ3n) is 5.39. The van der Waals surface area contributed by atoms with Gasteiger partial charge in [0.25, 0.3) is 5.91 Å². The average molecular weight is 476 g/mol. The van der Waals surface area contributed by atoms with Crippen LogP contribution in [0.5, 0.6) is 0 Å². The van der Waals surface area contributed by atoms with E-state index in [9.17, 15) is 24.3 Å². The van der Waals surface area contributed by atoms with Crippen LogP contribution < -0.4 is 0 Å². The lowest BCUT2D eigenvalue weighted by atomic mass is 9.91. The van der Waals surface area contributed by atoms with Crippen LogP contribution >= 0.6 is 23.4 Å². The smallest absolute Gasteiger partial charge is 0.331 e. The Morgan fingerprint density at radius 2 is 1.69 bits per heavy atom. The molecule has 7 nitrogen and oxygen atoms in total. The van der Waals surface area contributed by atoms with Crippen LogP contribution in [0.15, 0.2) is 60.7 Å². The molecule has 0 radical (unpaired) electrons. The summed E-state index contributed by atoms with van der Waals surface area (Å²) in [4.78, 5) is 50.1. The van der Waals surface area contributed by atoms with E-state index in [1.807, 2.05) is 12.1 Å². The van der Waals surface area contributed by atoms with Crippen molar-refractivity contribution in [2.75, 3.05) is 11.8 Å². The van der Waals surface area contributed by atoms with E-state index in [4.69, 9.17) is 16.3 Å². The number of hydrogen-bond donors (Lipinski definition) is 1. The summed E-state index contributed by atoms with van der Waals surface area (Å²) in [5.41, 5.74) is 1.40. The van der Waals surface area contributed by atoms with E-state index in [0.29, 0.717) is 11.1 Å². The fourth-order valence-electron chi connectivity index (χ4n) is 3.68. The number of aliphatic hydroxyl groups excluding tert-OH is 1. The number of thioether (sulfide) groups is 1. The Kier molecular flexibility index (Phi) is 7.71. The quantitative estimate of drug-likeness (QED) is 0.270. The first-order valence-corrected chi connectivity index (χ1v) is 11.3. The van der Waals surface area contributed by atoms with Crippen LogP contribution in [0.3, 0.4) is 0 Å². The number of aliphatic hydroxyl groups is 1. The summed E-state index contributed by atoms with van der Waals surface area (Å²) >= 11 is 6.63. The van der Waals surface area contributed by atoms with Crippen LogP contribution in [0.2, 0.25) is 0 Å². The number of rotatable bonds is 8. The maximum absolute atomic E-state index is 13.5. The van der Waals surface area contributed by atoms with Gasteiger partial charge < -0.3 is 14.7 Å². The molecule has 168 valence electrons. The number of alkyl halides is 1. The van der Waals surface area contributed by atoms with Gasteiger partial charge >= 0.3 is 5.97 Å². The summed E-state index contributed by atoms with van der Waals surface area (Å²) in [5, 5.41) is 10.6. The van der Waals surface area contributed by atoms with E-state index in [1.165, 1.54) is 6.92 Å². The van der Waals surface area contributed by atoms with E-state index < -0.39 is 46.5 Å². The Hall–Kier alpha value is -2.68. The predicted molar refractivity (Wildman–Crippen MR) is 120 cm³/mol. The van der Waals surface area contributed by atoms with Gasteiger partial charge in [-0.2, -0.15) is 0 Å². The van der Waals surface area contributed by atoms with Gasteiger partial charge in [0.2, 0.25) is 6.29 Å². The minimum atomic E-state index is -1.64. The molecule has 2 aromatic carbocycles. The van der Waals surface area contributed by atoms with E-state index in [2.05, 4.69) is 0 Å². The third-order valence-corrected chi connectivity index (χ3v) is 7.13. The van der Waals surface area contributed by atoms with Gasteiger partial charge in [-0.25, -0.2) is 4.79 Å². The molecule has 1 N–H and O–H groups in total. The molecule has 1 fully saturated rings. The van der Waals surface area contributed by atoms with Crippen LogP contribution in [0, 0.1) is 0 Å². The van der Waals surface area contributed by atoms with Crippen molar-refractivity contribution in [2.24, 2.45) is 0 Å². The Balaban J connectivity index is 2.00. The van der Waals surface area contributed by atoms with Crippen molar-refractivity contribution in [3.63, 3.8) is 0 Å². The molecular formula is C23H22ClNO6S. The molecule has 0 spiro atoms. The van der Waals surface area contributed by atoms with Gasteiger partial charge in [-0.15, -0.1) is 23.4 Å². The highest BCUT2D eigenvalue weighted by atomic mass is 35.5. The number of Topliss-reactive ketones (excluding diaryl/α,β-unsaturated/α-hetero) is 1. The molecule has 0 saturated carbocycles. The topological polar surface area (TPSA) is 101 Å². The van der Waals surface area contributed by atoms with Crippen molar-refractivity contribution < 1.29 is 29.0 Å². The maximum atomic E-state index is 13.5. The van der Waals surface area contributed by atoms with E-state index >= 15 is 0 Å². The van der Waals surface area contributed by atoms with Crippen LogP contribution in [-0.4, -0.2) is 62.6 Å². The Morgan fingerprint density at radius 3 is 2.16 bits per heavy atom. The summed E-state index contributed by atoms with van der Waals surface area (Å²) in [6, 6.07) is 16.7. The number of ketones is 1. The second-order valence-corrected chi connectivity index (χ2v) is 9.12.